The maximum atomic E-state index is 12.0. The summed E-state index contributed by atoms with van der Waals surface area (Å²) in [7, 11) is 0. The molecule has 2 rings (SSSR count). The molecular weight excluding hydrogens is 276 g/mol. The third-order valence-corrected chi connectivity index (χ3v) is 4.15. The number of rotatable bonds is 4. The maximum absolute atomic E-state index is 12.0. The Hall–Kier alpha value is -1.10. The van der Waals surface area contributed by atoms with Gasteiger partial charge in [-0.1, -0.05) is 31.5 Å². The van der Waals surface area contributed by atoms with Crippen LogP contribution in [0.2, 0.25) is 5.02 Å². The number of hydrogen-bond acceptors (Lipinski definition) is 3. The van der Waals surface area contributed by atoms with Gasteiger partial charge in [0.05, 0.1) is 12.1 Å². The van der Waals surface area contributed by atoms with Gasteiger partial charge in [-0.15, -0.1) is 0 Å². The van der Waals surface area contributed by atoms with E-state index >= 15 is 0 Å². The fourth-order valence-corrected chi connectivity index (χ4v) is 2.50. The summed E-state index contributed by atoms with van der Waals surface area (Å²) in [5.41, 5.74) is 1.07. The summed E-state index contributed by atoms with van der Waals surface area (Å²) in [6, 6.07) is 5.42. The summed E-state index contributed by atoms with van der Waals surface area (Å²) >= 11 is 5.92. The number of aryl methyl sites for hydroxylation is 1. The van der Waals surface area contributed by atoms with Crippen molar-refractivity contribution in [3.63, 3.8) is 0 Å². The highest BCUT2D eigenvalue weighted by atomic mass is 35.5. The van der Waals surface area contributed by atoms with Crippen LogP contribution in [-0.4, -0.2) is 41.1 Å². The van der Waals surface area contributed by atoms with Crippen molar-refractivity contribution in [2.24, 2.45) is 5.92 Å². The van der Waals surface area contributed by atoms with Crippen molar-refractivity contribution >= 4 is 23.2 Å². The molecule has 0 saturated carbocycles. The maximum Gasteiger partial charge on any atom is 0.238 e. The van der Waals surface area contributed by atoms with Gasteiger partial charge < -0.3 is 10.4 Å². The van der Waals surface area contributed by atoms with Gasteiger partial charge in [-0.3, -0.25) is 9.69 Å². The number of hydrogen-bond donors (Lipinski definition) is 2. The minimum atomic E-state index is -0.647. The number of nitrogens with one attached hydrogen (secondary N) is 1. The molecule has 0 aromatic heterocycles. The molecule has 0 atom stereocenters. The summed E-state index contributed by atoms with van der Waals surface area (Å²) in [6.07, 6.45) is 0. The van der Waals surface area contributed by atoms with Crippen molar-refractivity contribution < 1.29 is 9.90 Å². The fourth-order valence-electron chi connectivity index (χ4n) is 2.33. The number of aliphatic hydroxyl groups is 1. The number of carbonyl (C=O) groups is 1. The fraction of sp³-hybridized carbons (Fsp3) is 0.533. The molecule has 20 heavy (non-hydrogen) atoms. The second-order valence-corrected chi connectivity index (χ2v) is 6.35. The van der Waals surface area contributed by atoms with Gasteiger partial charge in [-0.25, -0.2) is 0 Å². The van der Waals surface area contributed by atoms with Gasteiger partial charge >= 0.3 is 0 Å². The molecule has 1 heterocycles. The van der Waals surface area contributed by atoms with Crippen molar-refractivity contribution in [1.82, 2.24) is 4.90 Å². The predicted molar refractivity (Wildman–Crippen MR) is 81.0 cm³/mol. The molecule has 1 aliphatic heterocycles. The first kappa shape index (κ1) is 15.3. The molecule has 1 amide bonds. The third kappa shape index (κ3) is 3.32. The molecule has 1 aromatic carbocycles. The average Bonchev–Trinajstić information content (AvgIpc) is 2.31. The Balaban J connectivity index is 1.87. The Morgan fingerprint density at radius 1 is 1.50 bits per heavy atom. The highest BCUT2D eigenvalue weighted by Crippen LogP contribution is 2.28. The molecule has 110 valence electrons. The van der Waals surface area contributed by atoms with E-state index < -0.39 is 5.60 Å². The Morgan fingerprint density at radius 3 is 2.75 bits per heavy atom. The minimum absolute atomic E-state index is 0.0822. The number of anilines is 1. The van der Waals surface area contributed by atoms with E-state index in [0.717, 1.165) is 11.3 Å². The van der Waals surface area contributed by atoms with E-state index in [2.05, 4.69) is 5.32 Å². The van der Waals surface area contributed by atoms with Gasteiger partial charge in [0.1, 0.15) is 0 Å². The molecule has 0 radical (unpaired) electrons. The highest BCUT2D eigenvalue weighted by molar-refractivity contribution is 6.31. The Morgan fingerprint density at radius 2 is 2.15 bits per heavy atom. The van der Waals surface area contributed by atoms with Crippen LogP contribution in [0.15, 0.2) is 18.2 Å². The second kappa shape index (κ2) is 5.72. The van der Waals surface area contributed by atoms with E-state index in [9.17, 15) is 9.90 Å². The Bertz CT molecular complexity index is 511. The molecule has 0 unspecified atom stereocenters. The van der Waals surface area contributed by atoms with Gasteiger partial charge in [0, 0.05) is 23.8 Å². The number of carbonyl (C=O) groups excluding carboxylic acids is 1. The Kier molecular flexibility index (Phi) is 4.37. The third-order valence-electron chi connectivity index (χ3n) is 3.91. The van der Waals surface area contributed by atoms with Crippen LogP contribution in [-0.2, 0) is 4.79 Å². The lowest BCUT2D eigenvalue weighted by atomic mass is 9.83. The van der Waals surface area contributed by atoms with E-state index in [0.29, 0.717) is 24.7 Å². The van der Waals surface area contributed by atoms with E-state index in [1.54, 1.807) is 12.1 Å². The van der Waals surface area contributed by atoms with Gasteiger partial charge in [-0.05, 0) is 30.5 Å². The van der Waals surface area contributed by atoms with Crippen LogP contribution in [0.4, 0.5) is 5.69 Å². The lowest BCUT2D eigenvalue weighted by molar-refractivity contribution is -0.139. The van der Waals surface area contributed by atoms with Gasteiger partial charge in [0.25, 0.3) is 0 Å². The van der Waals surface area contributed by atoms with E-state index in [-0.39, 0.29) is 11.8 Å². The molecule has 1 aromatic rings. The summed E-state index contributed by atoms with van der Waals surface area (Å²) in [5.74, 6) is 0.123. The summed E-state index contributed by atoms with van der Waals surface area (Å²) < 4.78 is 0. The lowest BCUT2D eigenvalue weighted by Crippen LogP contribution is -2.65. The normalized spacial score (nSPS) is 17.9. The van der Waals surface area contributed by atoms with Gasteiger partial charge in [0.2, 0.25) is 5.91 Å². The summed E-state index contributed by atoms with van der Waals surface area (Å²) in [4.78, 5) is 13.9. The van der Waals surface area contributed by atoms with Crippen molar-refractivity contribution in [3.8, 4) is 0 Å². The molecule has 0 aliphatic carbocycles. The molecule has 0 bridgehead atoms. The molecular formula is C15H21ClN2O2. The lowest BCUT2D eigenvalue weighted by Gasteiger charge is -2.48. The Labute approximate surface area is 124 Å². The first-order valence-corrected chi connectivity index (χ1v) is 7.19. The van der Waals surface area contributed by atoms with Crippen LogP contribution in [0.5, 0.6) is 0 Å². The number of likely N-dealkylation sites (tertiary alicyclic amines) is 1. The van der Waals surface area contributed by atoms with E-state index in [1.807, 2.05) is 31.7 Å². The van der Waals surface area contributed by atoms with Crippen LogP contribution in [0.1, 0.15) is 19.4 Å². The number of benzene rings is 1. The van der Waals surface area contributed by atoms with Crippen LogP contribution in [0, 0.1) is 12.8 Å². The first-order valence-electron chi connectivity index (χ1n) is 6.81. The molecule has 4 nitrogen and oxygen atoms in total. The number of amides is 1. The second-order valence-electron chi connectivity index (χ2n) is 5.91. The van der Waals surface area contributed by atoms with E-state index in [1.165, 1.54) is 0 Å². The number of nitrogens with zero attached hydrogens (tertiary/aromatic N) is 1. The molecule has 0 spiro atoms. The summed E-state index contributed by atoms with van der Waals surface area (Å²) in [6.45, 7) is 7.30. The predicted octanol–water partition coefficient (Wildman–Crippen LogP) is 2.29. The SMILES string of the molecule is Cc1ccc(Cl)cc1NC(=O)CN1CC(O)(C(C)C)C1. The molecule has 5 heteroatoms. The van der Waals surface area contributed by atoms with Crippen LogP contribution in [0.25, 0.3) is 0 Å². The zero-order valence-corrected chi connectivity index (χ0v) is 12.9. The standard InChI is InChI=1S/C15H21ClN2O2/c1-10(2)15(20)8-18(9-15)7-14(19)17-13-6-12(16)5-4-11(13)3/h4-6,10,20H,7-9H2,1-3H3,(H,17,19). The smallest absolute Gasteiger partial charge is 0.238 e. The number of halogens is 1. The van der Waals surface area contributed by atoms with Gasteiger partial charge in [0.15, 0.2) is 0 Å². The average molecular weight is 297 g/mol. The van der Waals surface area contributed by atoms with Crippen molar-refractivity contribution in [2.45, 2.75) is 26.4 Å². The van der Waals surface area contributed by atoms with Crippen molar-refractivity contribution in [1.29, 1.82) is 0 Å². The van der Waals surface area contributed by atoms with Crippen LogP contribution in [0.3, 0.4) is 0 Å². The van der Waals surface area contributed by atoms with Gasteiger partial charge in [-0.2, -0.15) is 0 Å². The first-order chi connectivity index (χ1) is 9.30. The zero-order valence-electron chi connectivity index (χ0n) is 12.1. The monoisotopic (exact) mass is 296 g/mol. The van der Waals surface area contributed by atoms with E-state index in [4.69, 9.17) is 11.6 Å². The van der Waals surface area contributed by atoms with Crippen LogP contribution < -0.4 is 5.32 Å². The molecule has 2 N–H and O–H groups in total. The minimum Gasteiger partial charge on any atom is -0.387 e. The topological polar surface area (TPSA) is 52.6 Å². The van der Waals surface area contributed by atoms with Crippen LogP contribution >= 0.6 is 11.6 Å². The van der Waals surface area contributed by atoms with Crippen molar-refractivity contribution in [3.05, 3.63) is 28.8 Å². The molecule has 1 saturated heterocycles. The largest absolute Gasteiger partial charge is 0.387 e. The number of β-amino-alcohol motifs (C(OH)–C–C–N with tert-alkyl or cyclic N) is 1. The molecule has 1 aliphatic rings. The zero-order chi connectivity index (χ0) is 14.9. The molecule has 1 fully saturated rings. The van der Waals surface area contributed by atoms with Crippen molar-refractivity contribution in [2.75, 3.05) is 25.0 Å². The summed E-state index contributed by atoms with van der Waals surface area (Å²) in [5, 5.41) is 13.6. The quantitative estimate of drug-likeness (QED) is 0.896. The highest BCUT2D eigenvalue weighted by Gasteiger charge is 2.43.